The quantitative estimate of drug-likeness (QED) is 0.174. The van der Waals surface area contributed by atoms with Gasteiger partial charge in [0, 0.05) is 42.7 Å². The summed E-state index contributed by atoms with van der Waals surface area (Å²) in [6.07, 6.45) is 4.31. The highest BCUT2D eigenvalue weighted by molar-refractivity contribution is 8.07. The van der Waals surface area contributed by atoms with Gasteiger partial charge in [-0.2, -0.15) is 0 Å². The van der Waals surface area contributed by atoms with Crippen molar-refractivity contribution in [2.45, 2.75) is 0 Å². The van der Waals surface area contributed by atoms with Crippen molar-refractivity contribution >= 4 is 91.3 Å². The zero-order valence-electron chi connectivity index (χ0n) is 29.3. The summed E-state index contributed by atoms with van der Waals surface area (Å²) < 4.78 is 2.61. The fourth-order valence-electron chi connectivity index (χ4n) is 8.67. The molecule has 0 atom stereocenters. The Morgan fingerprint density at radius 2 is 0.943 bits per heavy atom. The van der Waals surface area contributed by atoms with E-state index in [1.165, 1.54) is 107 Å². The van der Waals surface area contributed by atoms with Crippen LogP contribution in [0.1, 0.15) is 5.56 Å². The number of nitrogens with two attached hydrogens (primary N) is 1. The van der Waals surface area contributed by atoms with Crippen molar-refractivity contribution in [2.24, 2.45) is 5.73 Å². The summed E-state index contributed by atoms with van der Waals surface area (Å²) in [5.74, 6) is 0. The first-order valence-electron chi connectivity index (χ1n) is 18.1. The topological polar surface area (TPSA) is 26.0 Å². The molecule has 0 unspecified atom stereocenters. The van der Waals surface area contributed by atoms with E-state index in [9.17, 15) is 0 Å². The predicted octanol–water partition coefficient (Wildman–Crippen LogP) is 14.3. The molecule has 3 heteroatoms. The molecule has 1 heterocycles. The number of thiophene rings is 1. The van der Waals surface area contributed by atoms with E-state index < -0.39 is 0 Å². The largest absolute Gasteiger partial charge is 0.327 e. The maximum Gasteiger partial charge on any atom is 0.0434 e. The number of fused-ring (bicyclic) bond motifs is 7. The van der Waals surface area contributed by atoms with Crippen molar-refractivity contribution in [1.82, 2.24) is 0 Å². The lowest BCUT2D eigenvalue weighted by atomic mass is 9.84. The Bertz CT molecular complexity index is 2970. The minimum atomic E-state index is 0.504. The van der Waals surface area contributed by atoms with Crippen LogP contribution in [0.4, 0.5) is 0 Å². The van der Waals surface area contributed by atoms with E-state index in [1.807, 2.05) is 11.3 Å². The van der Waals surface area contributed by atoms with Crippen LogP contribution in [0.15, 0.2) is 170 Å². The predicted molar refractivity (Wildman–Crippen MR) is 236 cm³/mol. The molecule has 0 fully saturated rings. The maximum atomic E-state index is 6.11. The summed E-state index contributed by atoms with van der Waals surface area (Å²) in [4.78, 5) is 1.22. The van der Waals surface area contributed by atoms with Crippen molar-refractivity contribution in [3.8, 4) is 33.4 Å². The van der Waals surface area contributed by atoms with Crippen LogP contribution >= 0.6 is 23.1 Å². The summed E-state index contributed by atoms with van der Waals surface area (Å²) in [7, 11) is 0. The smallest absolute Gasteiger partial charge is 0.0434 e. The van der Waals surface area contributed by atoms with Crippen molar-refractivity contribution < 1.29 is 0 Å². The molecule has 1 nitrogen and oxygen atoms in total. The molecule has 0 saturated heterocycles. The second-order valence-electron chi connectivity index (χ2n) is 13.5. The van der Waals surface area contributed by atoms with Crippen LogP contribution in [-0.4, -0.2) is 12.8 Å². The van der Waals surface area contributed by atoms with Gasteiger partial charge in [0.2, 0.25) is 0 Å². The first-order chi connectivity index (χ1) is 26.3. The highest BCUT2D eigenvalue weighted by Crippen LogP contribution is 2.51. The molecule has 10 aromatic rings. The monoisotopic (exact) mass is 713 g/mol. The minimum absolute atomic E-state index is 0.504. The lowest BCUT2D eigenvalue weighted by Crippen LogP contribution is -1.97. The molecular formula is C50H35NS2. The van der Waals surface area contributed by atoms with Gasteiger partial charge in [-0.05, 0) is 83.2 Å². The molecule has 0 aliphatic carbocycles. The van der Waals surface area contributed by atoms with Gasteiger partial charge in [0.1, 0.15) is 0 Å². The number of hydrogen-bond donors (Lipinski definition) is 1. The highest BCUT2D eigenvalue weighted by atomic mass is 32.2. The average Bonchev–Trinajstić information content (AvgIpc) is 3.61. The normalized spacial score (nSPS) is 12.2. The molecule has 0 radical (unpaired) electrons. The Balaban J connectivity index is 1.31. The zero-order valence-corrected chi connectivity index (χ0v) is 30.9. The van der Waals surface area contributed by atoms with Crippen LogP contribution in [0.25, 0.3) is 102 Å². The van der Waals surface area contributed by atoms with Crippen molar-refractivity contribution in [1.29, 1.82) is 0 Å². The molecule has 0 spiro atoms. The Kier molecular flexibility index (Phi) is 7.88. The third-order valence-electron chi connectivity index (χ3n) is 10.8. The van der Waals surface area contributed by atoms with E-state index in [2.05, 4.69) is 176 Å². The zero-order chi connectivity index (χ0) is 35.5. The van der Waals surface area contributed by atoms with Crippen LogP contribution in [-0.2, 0) is 0 Å². The molecular weight excluding hydrogens is 679 g/mol. The fraction of sp³-hybridized carbons (Fsp3) is 0.0400. The molecule has 0 aliphatic heterocycles. The van der Waals surface area contributed by atoms with Gasteiger partial charge in [-0.3, -0.25) is 0 Å². The van der Waals surface area contributed by atoms with E-state index in [0.717, 1.165) is 0 Å². The second kappa shape index (κ2) is 13.1. The Morgan fingerprint density at radius 1 is 0.491 bits per heavy atom. The van der Waals surface area contributed by atoms with Gasteiger partial charge < -0.3 is 5.73 Å². The maximum absolute atomic E-state index is 6.11. The molecule has 0 saturated carbocycles. The molecule has 9 aromatic carbocycles. The van der Waals surface area contributed by atoms with Crippen molar-refractivity contribution in [3.05, 3.63) is 175 Å². The van der Waals surface area contributed by atoms with Crippen LogP contribution in [0.5, 0.6) is 0 Å². The van der Waals surface area contributed by atoms with E-state index in [4.69, 9.17) is 5.73 Å². The second-order valence-corrected chi connectivity index (χ2v) is 15.4. The Labute approximate surface area is 317 Å². The Morgan fingerprint density at radius 3 is 1.51 bits per heavy atom. The van der Waals surface area contributed by atoms with E-state index in [1.54, 1.807) is 11.8 Å². The third kappa shape index (κ3) is 4.96. The first-order valence-corrected chi connectivity index (χ1v) is 20.1. The molecule has 0 bridgehead atoms. The average molecular weight is 714 g/mol. The van der Waals surface area contributed by atoms with E-state index in [-0.39, 0.29) is 0 Å². The summed E-state index contributed by atoms with van der Waals surface area (Å²) in [5.41, 5.74) is 15.0. The summed E-state index contributed by atoms with van der Waals surface area (Å²) >= 11 is 3.68. The number of thioether (sulfide) groups is 1. The first kappa shape index (κ1) is 32.0. The summed E-state index contributed by atoms with van der Waals surface area (Å²) in [6.45, 7) is 0.504. The minimum Gasteiger partial charge on any atom is -0.327 e. The number of benzene rings is 9. The Hall–Kier alpha value is -5.71. The van der Waals surface area contributed by atoms with Gasteiger partial charge in [-0.15, -0.1) is 23.1 Å². The van der Waals surface area contributed by atoms with Crippen LogP contribution in [0.2, 0.25) is 0 Å². The van der Waals surface area contributed by atoms with Crippen molar-refractivity contribution in [2.75, 3.05) is 12.8 Å². The molecule has 53 heavy (non-hydrogen) atoms. The van der Waals surface area contributed by atoms with Crippen LogP contribution in [0.3, 0.4) is 0 Å². The van der Waals surface area contributed by atoms with Gasteiger partial charge in [-0.1, -0.05) is 164 Å². The van der Waals surface area contributed by atoms with Crippen molar-refractivity contribution in [3.63, 3.8) is 0 Å². The SMILES string of the molecule is CS/C(=C\CN)c1c2ccccc2c(-c2cccc3c2sc2cccc(-c4c5ccccc5c(-c5ccccc5)c5ccccc45)c23)c2ccccc12. The molecule has 2 N–H and O–H groups in total. The van der Waals surface area contributed by atoms with Gasteiger partial charge in [0.25, 0.3) is 0 Å². The molecule has 10 rings (SSSR count). The van der Waals surface area contributed by atoms with Gasteiger partial charge >= 0.3 is 0 Å². The standard InChI is InChI=1S/C50H35NS2/c1-52-43(29-30-51)48-38-23-11-9-21-36(38)47(37-22-10-12-24-39(37)48)41-26-13-27-42-49-40(25-14-28-44(49)53-50(41)42)46-34-19-7-5-17-32(34)45(31-15-3-2-4-16-31)33-18-6-8-20-35(33)46/h2-29H,30,51H2,1H3/b43-29-. The summed E-state index contributed by atoms with van der Waals surface area (Å²) in [6, 6.07) is 60.4. The molecule has 252 valence electrons. The highest BCUT2D eigenvalue weighted by Gasteiger charge is 2.23. The lowest BCUT2D eigenvalue weighted by Gasteiger charge is -2.19. The third-order valence-corrected chi connectivity index (χ3v) is 12.8. The van der Waals surface area contributed by atoms with E-state index in [0.29, 0.717) is 6.54 Å². The molecule has 0 aliphatic rings. The molecule has 0 amide bonds. The van der Waals surface area contributed by atoms with Crippen LogP contribution in [0, 0.1) is 0 Å². The van der Waals surface area contributed by atoms with Gasteiger partial charge in [0.05, 0.1) is 0 Å². The van der Waals surface area contributed by atoms with Gasteiger partial charge in [-0.25, -0.2) is 0 Å². The number of hydrogen-bond acceptors (Lipinski definition) is 3. The van der Waals surface area contributed by atoms with Crippen LogP contribution < -0.4 is 5.73 Å². The summed E-state index contributed by atoms with van der Waals surface area (Å²) in [5, 5.41) is 12.7. The van der Waals surface area contributed by atoms with E-state index >= 15 is 0 Å². The fourth-order valence-corrected chi connectivity index (χ4v) is 10.6. The lowest BCUT2D eigenvalue weighted by molar-refractivity contribution is 1.26. The number of rotatable bonds is 6. The van der Waals surface area contributed by atoms with Gasteiger partial charge in [0.15, 0.2) is 0 Å². The molecule has 1 aromatic heterocycles.